The number of amides is 1. The van der Waals surface area contributed by atoms with Crippen LogP contribution in [-0.4, -0.2) is 34.9 Å². The highest BCUT2D eigenvalue weighted by atomic mass is 32.2. The van der Waals surface area contributed by atoms with E-state index >= 15 is 0 Å². The molecule has 0 aliphatic rings. The molecule has 0 aliphatic heterocycles. The van der Waals surface area contributed by atoms with Gasteiger partial charge in [-0.15, -0.1) is 0 Å². The van der Waals surface area contributed by atoms with Crippen LogP contribution in [0.3, 0.4) is 0 Å². The minimum atomic E-state index is -0.509. The van der Waals surface area contributed by atoms with Gasteiger partial charge in [-0.2, -0.15) is 11.8 Å². The fourth-order valence-electron chi connectivity index (χ4n) is 1.49. The molecular weight excluding hydrogens is 262 g/mol. The molecule has 0 bridgehead atoms. The molecule has 0 saturated heterocycles. The molecule has 1 aromatic rings. The van der Waals surface area contributed by atoms with E-state index in [-0.39, 0.29) is 24.0 Å². The second kappa shape index (κ2) is 7.40. The molecule has 0 fully saturated rings. The first kappa shape index (κ1) is 15.9. The number of aliphatic hydroxyl groups is 1. The Morgan fingerprint density at radius 3 is 2.58 bits per heavy atom. The second-order valence-corrected chi connectivity index (χ2v) is 6.21. The Labute approximate surface area is 118 Å². The highest BCUT2D eigenvalue weighted by molar-refractivity contribution is 8.00. The number of alkyl carbamates (subject to hydrolysis) is 1. The zero-order chi connectivity index (χ0) is 14.3. The molecule has 0 aliphatic carbocycles. The summed E-state index contributed by atoms with van der Waals surface area (Å²) in [5.74, 6) is 0. The van der Waals surface area contributed by atoms with Crippen molar-refractivity contribution in [3.8, 4) is 0 Å². The van der Waals surface area contributed by atoms with Gasteiger partial charge >= 0.3 is 6.09 Å². The van der Waals surface area contributed by atoms with Gasteiger partial charge in [-0.3, -0.25) is 0 Å². The van der Waals surface area contributed by atoms with E-state index in [1.165, 1.54) is 0 Å². The van der Waals surface area contributed by atoms with Crippen LogP contribution in [0.25, 0.3) is 0 Å². The highest BCUT2D eigenvalue weighted by Gasteiger charge is 2.29. The predicted octanol–water partition coefficient (Wildman–Crippen LogP) is 2.42. The van der Waals surface area contributed by atoms with Gasteiger partial charge in [-0.25, -0.2) is 4.79 Å². The summed E-state index contributed by atoms with van der Waals surface area (Å²) in [7, 11) is 0. The van der Waals surface area contributed by atoms with E-state index in [2.05, 4.69) is 5.32 Å². The third-order valence-corrected chi connectivity index (χ3v) is 4.39. The first-order valence-electron chi connectivity index (χ1n) is 6.13. The quantitative estimate of drug-likeness (QED) is 0.842. The van der Waals surface area contributed by atoms with Crippen molar-refractivity contribution in [1.82, 2.24) is 5.32 Å². The van der Waals surface area contributed by atoms with Crippen molar-refractivity contribution in [3.63, 3.8) is 0 Å². The number of hydrogen-bond donors (Lipinski definition) is 2. The Hall–Kier alpha value is -1.20. The maximum absolute atomic E-state index is 11.7. The van der Waals surface area contributed by atoms with Crippen molar-refractivity contribution >= 4 is 17.9 Å². The molecule has 19 heavy (non-hydrogen) atoms. The molecule has 0 radical (unpaired) electrons. The largest absolute Gasteiger partial charge is 0.445 e. The highest BCUT2D eigenvalue weighted by Crippen LogP contribution is 2.25. The number of thioether (sulfide) groups is 1. The van der Waals surface area contributed by atoms with Gasteiger partial charge in [0.05, 0.1) is 12.6 Å². The van der Waals surface area contributed by atoms with Gasteiger partial charge in [-0.05, 0) is 25.7 Å². The van der Waals surface area contributed by atoms with E-state index in [9.17, 15) is 9.90 Å². The Morgan fingerprint density at radius 2 is 2.05 bits per heavy atom. The van der Waals surface area contributed by atoms with Crippen molar-refractivity contribution in [2.24, 2.45) is 0 Å². The Kier molecular flexibility index (Phi) is 6.18. The maximum Gasteiger partial charge on any atom is 0.407 e. The maximum atomic E-state index is 11.7. The van der Waals surface area contributed by atoms with Crippen LogP contribution in [0.4, 0.5) is 4.79 Å². The molecule has 0 heterocycles. The Morgan fingerprint density at radius 1 is 1.42 bits per heavy atom. The van der Waals surface area contributed by atoms with Gasteiger partial charge in [0.25, 0.3) is 0 Å². The van der Waals surface area contributed by atoms with Crippen LogP contribution in [0, 0.1) is 0 Å². The van der Waals surface area contributed by atoms with Crippen LogP contribution in [-0.2, 0) is 11.3 Å². The normalized spacial score (nSPS) is 12.8. The molecule has 1 amide bonds. The van der Waals surface area contributed by atoms with Gasteiger partial charge in [0, 0.05) is 4.75 Å². The zero-order valence-electron chi connectivity index (χ0n) is 11.6. The van der Waals surface area contributed by atoms with Crippen LogP contribution in [0.15, 0.2) is 30.3 Å². The first-order valence-corrected chi connectivity index (χ1v) is 7.35. The number of rotatable bonds is 6. The lowest BCUT2D eigenvalue weighted by Gasteiger charge is -2.31. The topological polar surface area (TPSA) is 58.6 Å². The summed E-state index contributed by atoms with van der Waals surface area (Å²) >= 11 is 1.59. The van der Waals surface area contributed by atoms with Crippen LogP contribution in [0.1, 0.15) is 19.4 Å². The van der Waals surface area contributed by atoms with Crippen molar-refractivity contribution in [1.29, 1.82) is 0 Å². The van der Waals surface area contributed by atoms with Crippen LogP contribution < -0.4 is 5.32 Å². The number of carbonyl (C=O) groups excluding carboxylic acids is 1. The van der Waals surface area contributed by atoms with Crippen LogP contribution in [0.2, 0.25) is 0 Å². The molecule has 1 rings (SSSR count). The molecule has 106 valence electrons. The molecule has 0 unspecified atom stereocenters. The summed E-state index contributed by atoms with van der Waals surface area (Å²) in [6.07, 6.45) is 1.43. The Bertz CT molecular complexity index is 395. The molecule has 1 aromatic carbocycles. The lowest BCUT2D eigenvalue weighted by molar-refractivity contribution is 0.125. The minimum absolute atomic E-state index is 0.117. The van der Waals surface area contributed by atoms with Gasteiger partial charge in [-0.1, -0.05) is 30.3 Å². The smallest absolute Gasteiger partial charge is 0.407 e. The standard InChI is InChI=1S/C14H21NO3S/c1-14(2,19-3)12(9-16)15-13(17)18-10-11-7-5-4-6-8-11/h4-8,12,16H,9-10H2,1-3H3,(H,15,17)/t12-/m0/s1. The fraction of sp³-hybridized carbons (Fsp3) is 0.500. The molecule has 0 spiro atoms. The molecule has 1 atom stereocenters. The van der Waals surface area contributed by atoms with Crippen LogP contribution >= 0.6 is 11.8 Å². The first-order chi connectivity index (χ1) is 8.99. The van der Waals surface area contributed by atoms with Crippen molar-refractivity contribution in [3.05, 3.63) is 35.9 Å². The zero-order valence-corrected chi connectivity index (χ0v) is 12.4. The number of aliphatic hydroxyl groups excluding tert-OH is 1. The number of nitrogens with one attached hydrogen (secondary N) is 1. The summed E-state index contributed by atoms with van der Waals surface area (Å²) in [6, 6.07) is 9.14. The van der Waals surface area contributed by atoms with Crippen molar-refractivity contribution in [2.45, 2.75) is 31.2 Å². The predicted molar refractivity (Wildman–Crippen MR) is 78.2 cm³/mol. The summed E-state index contributed by atoms with van der Waals surface area (Å²) in [4.78, 5) is 11.7. The third kappa shape index (κ3) is 5.12. The van der Waals surface area contributed by atoms with Gasteiger partial charge in [0.15, 0.2) is 0 Å². The monoisotopic (exact) mass is 283 g/mol. The fourth-order valence-corrected chi connectivity index (χ4v) is 1.91. The number of benzene rings is 1. The van der Waals surface area contributed by atoms with Gasteiger partial charge in [0.1, 0.15) is 6.61 Å². The van der Waals surface area contributed by atoms with E-state index < -0.39 is 6.09 Å². The molecule has 2 N–H and O–H groups in total. The molecule has 5 heteroatoms. The SMILES string of the molecule is CSC(C)(C)[C@H](CO)NC(=O)OCc1ccccc1. The van der Waals surface area contributed by atoms with Gasteiger partial charge < -0.3 is 15.2 Å². The summed E-state index contributed by atoms with van der Waals surface area (Å²) < 4.78 is 4.88. The molecule has 0 aromatic heterocycles. The number of carbonyl (C=O) groups is 1. The minimum Gasteiger partial charge on any atom is -0.445 e. The third-order valence-electron chi connectivity index (χ3n) is 3.05. The molecule has 0 saturated carbocycles. The van der Waals surface area contributed by atoms with Gasteiger partial charge in [0.2, 0.25) is 0 Å². The number of hydrogen-bond acceptors (Lipinski definition) is 4. The van der Waals surface area contributed by atoms with E-state index in [1.807, 2.05) is 50.4 Å². The van der Waals surface area contributed by atoms with Crippen molar-refractivity contribution in [2.75, 3.05) is 12.9 Å². The summed E-state index contributed by atoms with van der Waals surface area (Å²) in [5.41, 5.74) is 0.933. The van der Waals surface area contributed by atoms with Crippen molar-refractivity contribution < 1.29 is 14.6 Å². The number of ether oxygens (including phenoxy) is 1. The van der Waals surface area contributed by atoms with Crippen LogP contribution in [0.5, 0.6) is 0 Å². The van der Waals surface area contributed by atoms with E-state index in [1.54, 1.807) is 11.8 Å². The van der Waals surface area contributed by atoms with E-state index in [0.29, 0.717) is 0 Å². The van der Waals surface area contributed by atoms with E-state index in [4.69, 9.17) is 4.74 Å². The lowest BCUT2D eigenvalue weighted by Crippen LogP contribution is -2.49. The Balaban J connectivity index is 2.46. The molecular formula is C14H21NO3S. The molecule has 4 nitrogen and oxygen atoms in total. The summed E-state index contributed by atoms with van der Waals surface area (Å²) in [5, 5.41) is 12.0. The average Bonchev–Trinajstić information content (AvgIpc) is 2.43. The second-order valence-electron chi connectivity index (χ2n) is 4.75. The average molecular weight is 283 g/mol. The summed E-state index contributed by atoms with van der Waals surface area (Å²) in [6.45, 7) is 4.05. The lowest BCUT2D eigenvalue weighted by atomic mass is 10.0. The van der Waals surface area contributed by atoms with E-state index in [0.717, 1.165) is 5.56 Å².